The van der Waals surface area contributed by atoms with Crippen LogP contribution in [0.15, 0.2) is 97.3 Å². The Morgan fingerprint density at radius 2 is 1.16 bits per heavy atom. The van der Waals surface area contributed by atoms with Crippen molar-refractivity contribution in [2.24, 2.45) is 0 Å². The van der Waals surface area contributed by atoms with Crippen molar-refractivity contribution in [3.8, 4) is 0 Å². The van der Waals surface area contributed by atoms with Crippen LogP contribution in [0.2, 0.25) is 0 Å². The van der Waals surface area contributed by atoms with Crippen molar-refractivity contribution in [3.63, 3.8) is 0 Å². The van der Waals surface area contributed by atoms with Crippen molar-refractivity contribution in [1.82, 2.24) is 9.55 Å². The van der Waals surface area contributed by atoms with Gasteiger partial charge in [0.25, 0.3) is 0 Å². The van der Waals surface area contributed by atoms with E-state index in [0.717, 1.165) is 10.9 Å². The molecule has 1 aliphatic heterocycles. The number of imidazole rings is 1. The summed E-state index contributed by atoms with van der Waals surface area (Å²) in [7, 11) is 0. The van der Waals surface area contributed by atoms with Gasteiger partial charge in [-0.1, -0.05) is 54.6 Å². The molecule has 3 aromatic carbocycles. The van der Waals surface area contributed by atoms with E-state index in [2.05, 4.69) is 4.98 Å². The topological polar surface area (TPSA) is 181 Å². The predicted octanol–water partition coefficient (Wildman–Crippen LogP) is 3.49. The molecular formula is C31H24N2O11. The minimum absolute atomic E-state index is 0.119. The molecule has 5 rings (SSSR count). The number of carbonyl (C=O) groups excluding carboxylic acids is 3. The minimum Gasteiger partial charge on any atom is -0.476 e. The molecule has 2 heterocycles. The fraction of sp³-hybridized carbons (Fsp3) is 0.161. The third kappa shape index (κ3) is 6.32. The largest absolute Gasteiger partial charge is 0.476 e. The maximum Gasteiger partial charge on any atom is 0.357 e. The van der Waals surface area contributed by atoms with Crippen molar-refractivity contribution < 1.29 is 53.1 Å². The molecule has 0 saturated carbocycles. The number of carboxylic acid groups (broad SMARTS) is 2. The first-order valence-corrected chi connectivity index (χ1v) is 13.2. The lowest BCUT2D eigenvalue weighted by Gasteiger charge is -2.25. The number of hydrogen-bond acceptors (Lipinski definition) is 10. The maximum atomic E-state index is 13.2. The summed E-state index contributed by atoms with van der Waals surface area (Å²) in [4.78, 5) is 66.8. The highest BCUT2D eigenvalue weighted by Gasteiger charge is 2.52. The first-order chi connectivity index (χ1) is 21.2. The second-order valence-corrected chi connectivity index (χ2v) is 9.46. The average molecular weight is 601 g/mol. The summed E-state index contributed by atoms with van der Waals surface area (Å²) in [5.74, 6) is -5.73. The quantitative estimate of drug-likeness (QED) is 0.200. The highest BCUT2D eigenvalue weighted by molar-refractivity contribution is 5.99. The molecule has 4 atom stereocenters. The van der Waals surface area contributed by atoms with E-state index in [1.807, 2.05) is 0 Å². The van der Waals surface area contributed by atoms with Gasteiger partial charge in [0, 0.05) is 0 Å². The number of esters is 3. The molecule has 0 bridgehead atoms. The molecule has 13 heteroatoms. The lowest BCUT2D eigenvalue weighted by atomic mass is 10.1. The van der Waals surface area contributed by atoms with Gasteiger partial charge in [0.15, 0.2) is 29.8 Å². The van der Waals surface area contributed by atoms with Gasteiger partial charge >= 0.3 is 29.8 Å². The molecule has 1 fully saturated rings. The number of aromatic carboxylic acids is 2. The van der Waals surface area contributed by atoms with Gasteiger partial charge < -0.3 is 29.2 Å². The third-order valence-corrected chi connectivity index (χ3v) is 6.65. The van der Waals surface area contributed by atoms with Gasteiger partial charge in [-0.3, -0.25) is 4.57 Å². The van der Waals surface area contributed by atoms with Crippen LogP contribution in [0, 0.1) is 0 Å². The van der Waals surface area contributed by atoms with E-state index in [-0.39, 0.29) is 16.7 Å². The molecule has 0 unspecified atom stereocenters. The first-order valence-electron chi connectivity index (χ1n) is 13.2. The Kier molecular flexibility index (Phi) is 8.77. The standard InChI is InChI=1S/C31H24N2O11/c34-27(35)22-23(28(36)37)33(17-32-22)26-25(44-31(40)20-14-8-3-9-15-20)24(43-30(39)19-12-6-2-7-13-19)21(42-26)16-41-29(38)18-10-4-1-5-11-18/h1-15,17,21,24-26H,16H2,(H,34,35)(H,36,37)/t21-,24-,25-,26-/m0/s1. The molecule has 1 aromatic heterocycles. The zero-order chi connectivity index (χ0) is 31.2. The maximum absolute atomic E-state index is 13.2. The Labute approximate surface area is 249 Å². The highest BCUT2D eigenvalue weighted by atomic mass is 16.7. The van der Waals surface area contributed by atoms with Gasteiger partial charge in [0.05, 0.1) is 23.0 Å². The Bertz CT molecular complexity index is 1670. The van der Waals surface area contributed by atoms with Gasteiger partial charge in [0.1, 0.15) is 12.7 Å². The van der Waals surface area contributed by atoms with Gasteiger partial charge in [-0.05, 0) is 36.4 Å². The van der Waals surface area contributed by atoms with Crippen LogP contribution in [-0.2, 0) is 18.9 Å². The summed E-state index contributed by atoms with van der Waals surface area (Å²) >= 11 is 0. The Hall–Kier alpha value is -5.82. The van der Waals surface area contributed by atoms with E-state index in [9.17, 15) is 34.2 Å². The van der Waals surface area contributed by atoms with E-state index in [1.54, 1.807) is 54.6 Å². The summed E-state index contributed by atoms with van der Waals surface area (Å²) in [6.45, 7) is -0.515. The van der Waals surface area contributed by atoms with Crippen LogP contribution in [0.1, 0.15) is 58.3 Å². The Morgan fingerprint density at radius 1 is 0.682 bits per heavy atom. The molecule has 1 saturated heterocycles. The van der Waals surface area contributed by atoms with Crippen LogP contribution in [0.5, 0.6) is 0 Å². The molecule has 0 spiro atoms. The van der Waals surface area contributed by atoms with E-state index in [1.165, 1.54) is 36.4 Å². The van der Waals surface area contributed by atoms with Crippen LogP contribution in [0.25, 0.3) is 0 Å². The van der Waals surface area contributed by atoms with Gasteiger partial charge in [0.2, 0.25) is 0 Å². The van der Waals surface area contributed by atoms with Crippen molar-refractivity contribution in [2.45, 2.75) is 24.5 Å². The van der Waals surface area contributed by atoms with Gasteiger partial charge in [-0.2, -0.15) is 0 Å². The molecule has 0 aliphatic carbocycles. The van der Waals surface area contributed by atoms with Crippen LogP contribution >= 0.6 is 0 Å². The van der Waals surface area contributed by atoms with Crippen LogP contribution in [-0.4, -0.2) is 74.5 Å². The van der Waals surface area contributed by atoms with Crippen molar-refractivity contribution in [3.05, 3.63) is 125 Å². The molecule has 224 valence electrons. The zero-order valence-electron chi connectivity index (χ0n) is 22.7. The first kappa shape index (κ1) is 29.7. The van der Waals surface area contributed by atoms with E-state index in [0.29, 0.717) is 0 Å². The number of carbonyl (C=O) groups is 5. The normalized spacial score (nSPS) is 19.1. The molecule has 1 aliphatic rings. The second kappa shape index (κ2) is 13.0. The molecule has 0 radical (unpaired) electrons. The van der Waals surface area contributed by atoms with Gasteiger partial charge in [-0.25, -0.2) is 29.0 Å². The Morgan fingerprint density at radius 3 is 1.64 bits per heavy atom. The fourth-order valence-corrected chi connectivity index (χ4v) is 4.60. The predicted molar refractivity (Wildman–Crippen MR) is 148 cm³/mol. The number of nitrogens with zero attached hydrogens (tertiary/aromatic N) is 2. The summed E-state index contributed by atoms with van der Waals surface area (Å²) in [5, 5.41) is 19.4. The Balaban J connectivity index is 1.54. The van der Waals surface area contributed by atoms with Crippen molar-refractivity contribution in [2.75, 3.05) is 6.61 Å². The van der Waals surface area contributed by atoms with Crippen LogP contribution in [0.3, 0.4) is 0 Å². The second-order valence-electron chi connectivity index (χ2n) is 9.46. The summed E-state index contributed by atoms with van der Waals surface area (Å²) in [6, 6.07) is 23.7. The minimum atomic E-state index is -1.66. The number of aromatic nitrogens is 2. The molecule has 44 heavy (non-hydrogen) atoms. The van der Waals surface area contributed by atoms with Crippen LogP contribution < -0.4 is 0 Å². The van der Waals surface area contributed by atoms with E-state index in [4.69, 9.17) is 18.9 Å². The molecule has 2 N–H and O–H groups in total. The number of rotatable bonds is 10. The molecule has 0 amide bonds. The zero-order valence-corrected chi connectivity index (χ0v) is 22.7. The lowest BCUT2D eigenvalue weighted by Crippen LogP contribution is -2.41. The average Bonchev–Trinajstić information content (AvgIpc) is 3.63. The summed E-state index contributed by atoms with van der Waals surface area (Å²) in [5.41, 5.74) is -1.09. The van der Waals surface area contributed by atoms with E-state index < -0.39 is 72.4 Å². The molecule has 13 nitrogen and oxygen atoms in total. The SMILES string of the molecule is O=C(OC[C@@H]1O[C@H](n2cnc(C(=O)O)c2C(=O)O)[C@@H](OC(=O)c2ccccc2)[C@H]1OC(=O)c1ccccc1)c1ccccc1. The third-order valence-electron chi connectivity index (χ3n) is 6.65. The van der Waals surface area contributed by atoms with E-state index >= 15 is 0 Å². The fourth-order valence-electron chi connectivity index (χ4n) is 4.60. The van der Waals surface area contributed by atoms with Gasteiger partial charge in [-0.15, -0.1) is 0 Å². The smallest absolute Gasteiger partial charge is 0.357 e. The number of benzene rings is 3. The number of carboxylic acids is 2. The highest BCUT2D eigenvalue weighted by Crippen LogP contribution is 2.36. The summed E-state index contributed by atoms with van der Waals surface area (Å²) < 4.78 is 23.9. The molecular weight excluding hydrogens is 576 g/mol. The van der Waals surface area contributed by atoms with Crippen molar-refractivity contribution in [1.29, 1.82) is 0 Å². The van der Waals surface area contributed by atoms with Crippen molar-refractivity contribution >= 4 is 29.8 Å². The lowest BCUT2D eigenvalue weighted by molar-refractivity contribution is -0.0629. The monoisotopic (exact) mass is 600 g/mol. The number of ether oxygens (including phenoxy) is 4. The van der Waals surface area contributed by atoms with Crippen LogP contribution in [0.4, 0.5) is 0 Å². The molecule has 4 aromatic rings. The summed E-state index contributed by atoms with van der Waals surface area (Å²) in [6.07, 6.45) is -4.98. The number of hydrogen-bond donors (Lipinski definition) is 2.